The van der Waals surface area contributed by atoms with E-state index in [0.717, 1.165) is 39.6 Å². The number of hydrogen-bond donors (Lipinski definition) is 1. The Morgan fingerprint density at radius 3 is 2.79 bits per heavy atom. The Balaban J connectivity index is 1.68. The van der Waals surface area contributed by atoms with E-state index in [1.54, 1.807) is 6.20 Å². The van der Waals surface area contributed by atoms with Crippen LogP contribution < -0.4 is 5.32 Å². The minimum atomic E-state index is -0.0134. The van der Waals surface area contributed by atoms with E-state index in [1.165, 1.54) is 11.3 Å². The second-order valence-corrected chi connectivity index (χ2v) is 6.65. The van der Waals surface area contributed by atoms with Crippen LogP contribution in [0.25, 0.3) is 5.82 Å². The summed E-state index contributed by atoms with van der Waals surface area (Å²) in [6.45, 7) is 6.61. The SMILES string of the molecule is Cc1csc(C(=O)NCCc2c(C)nn(-c3ccccn3)c2C)c1. The quantitative estimate of drug-likeness (QED) is 0.776. The lowest BCUT2D eigenvalue weighted by Gasteiger charge is -2.06. The maximum absolute atomic E-state index is 12.1. The normalized spacial score (nSPS) is 10.8. The number of carbonyl (C=O) groups excluding carboxylic acids is 1. The van der Waals surface area contributed by atoms with Crippen LogP contribution in [0.15, 0.2) is 35.8 Å². The number of nitrogens with zero attached hydrogens (tertiary/aromatic N) is 3. The Morgan fingerprint density at radius 1 is 1.29 bits per heavy atom. The van der Waals surface area contributed by atoms with Gasteiger partial charge in [0, 0.05) is 18.4 Å². The van der Waals surface area contributed by atoms with Crippen LogP contribution in [-0.4, -0.2) is 27.2 Å². The third-order valence-corrected chi connectivity index (χ3v) is 4.97. The second-order valence-electron chi connectivity index (χ2n) is 5.74. The number of nitrogens with one attached hydrogen (secondary N) is 1. The molecule has 3 rings (SSSR count). The van der Waals surface area contributed by atoms with Gasteiger partial charge >= 0.3 is 0 Å². The summed E-state index contributed by atoms with van der Waals surface area (Å²) in [6.07, 6.45) is 2.51. The van der Waals surface area contributed by atoms with Gasteiger partial charge < -0.3 is 5.32 Å². The predicted molar refractivity (Wildman–Crippen MR) is 95.9 cm³/mol. The maximum atomic E-state index is 12.1. The maximum Gasteiger partial charge on any atom is 0.261 e. The second kappa shape index (κ2) is 6.97. The average molecular weight is 340 g/mol. The molecule has 1 N–H and O–H groups in total. The highest BCUT2D eigenvalue weighted by atomic mass is 32.1. The molecule has 3 aromatic rings. The van der Waals surface area contributed by atoms with Crippen molar-refractivity contribution in [1.82, 2.24) is 20.1 Å². The molecular weight excluding hydrogens is 320 g/mol. The van der Waals surface area contributed by atoms with E-state index in [0.29, 0.717) is 6.54 Å². The largest absolute Gasteiger partial charge is 0.351 e. The molecule has 1 amide bonds. The molecule has 0 bridgehead atoms. The zero-order valence-corrected chi connectivity index (χ0v) is 14.9. The first-order chi connectivity index (χ1) is 11.6. The number of aromatic nitrogens is 3. The van der Waals surface area contributed by atoms with E-state index >= 15 is 0 Å². The molecule has 5 nitrogen and oxygen atoms in total. The van der Waals surface area contributed by atoms with Gasteiger partial charge in [-0.15, -0.1) is 11.3 Å². The van der Waals surface area contributed by atoms with Gasteiger partial charge in [-0.1, -0.05) is 6.07 Å². The van der Waals surface area contributed by atoms with Crippen molar-refractivity contribution in [3.05, 3.63) is 63.2 Å². The molecule has 124 valence electrons. The fraction of sp³-hybridized carbons (Fsp3) is 0.278. The van der Waals surface area contributed by atoms with Crippen molar-refractivity contribution >= 4 is 17.2 Å². The zero-order chi connectivity index (χ0) is 17.1. The lowest BCUT2D eigenvalue weighted by molar-refractivity contribution is 0.0958. The number of amides is 1. The fourth-order valence-corrected chi connectivity index (χ4v) is 3.49. The van der Waals surface area contributed by atoms with Crippen LogP contribution in [-0.2, 0) is 6.42 Å². The average Bonchev–Trinajstić information content (AvgIpc) is 3.13. The fourth-order valence-electron chi connectivity index (χ4n) is 2.68. The summed E-state index contributed by atoms with van der Waals surface area (Å²) in [7, 11) is 0. The summed E-state index contributed by atoms with van der Waals surface area (Å²) in [4.78, 5) is 17.2. The number of thiophene rings is 1. The van der Waals surface area contributed by atoms with E-state index in [9.17, 15) is 4.79 Å². The molecule has 0 spiro atoms. The van der Waals surface area contributed by atoms with E-state index in [-0.39, 0.29) is 5.91 Å². The van der Waals surface area contributed by atoms with Crippen molar-refractivity contribution in [1.29, 1.82) is 0 Å². The van der Waals surface area contributed by atoms with Crippen LogP contribution in [0.3, 0.4) is 0 Å². The van der Waals surface area contributed by atoms with Crippen molar-refractivity contribution in [2.24, 2.45) is 0 Å². The Kier molecular flexibility index (Phi) is 4.76. The highest BCUT2D eigenvalue weighted by molar-refractivity contribution is 7.12. The molecule has 0 atom stereocenters. The summed E-state index contributed by atoms with van der Waals surface area (Å²) >= 11 is 1.47. The minimum Gasteiger partial charge on any atom is -0.351 e. The molecule has 0 saturated heterocycles. The van der Waals surface area contributed by atoms with Crippen molar-refractivity contribution in [3.63, 3.8) is 0 Å². The van der Waals surface area contributed by atoms with E-state index < -0.39 is 0 Å². The highest BCUT2D eigenvalue weighted by Crippen LogP contribution is 2.17. The van der Waals surface area contributed by atoms with Crippen LogP contribution in [0.2, 0.25) is 0 Å². The molecular formula is C18H20N4OS. The molecule has 3 aromatic heterocycles. The number of hydrogen-bond acceptors (Lipinski definition) is 4. The first kappa shape index (κ1) is 16.4. The van der Waals surface area contributed by atoms with Crippen molar-refractivity contribution < 1.29 is 4.79 Å². The summed E-state index contributed by atoms with van der Waals surface area (Å²) in [6, 6.07) is 7.68. The Bertz CT molecular complexity index is 851. The van der Waals surface area contributed by atoms with Crippen molar-refractivity contribution in [2.45, 2.75) is 27.2 Å². The van der Waals surface area contributed by atoms with Crippen LogP contribution >= 0.6 is 11.3 Å². The third kappa shape index (κ3) is 3.38. The third-order valence-electron chi connectivity index (χ3n) is 3.92. The molecule has 0 aliphatic heterocycles. The predicted octanol–water partition coefficient (Wildman–Crippen LogP) is 3.23. The van der Waals surface area contributed by atoms with Gasteiger partial charge in [0.15, 0.2) is 5.82 Å². The van der Waals surface area contributed by atoms with Gasteiger partial charge in [0.1, 0.15) is 0 Å². The van der Waals surface area contributed by atoms with E-state index in [4.69, 9.17) is 0 Å². The van der Waals surface area contributed by atoms with Gasteiger partial charge in [0.05, 0.1) is 10.6 Å². The van der Waals surface area contributed by atoms with Gasteiger partial charge in [-0.3, -0.25) is 4.79 Å². The van der Waals surface area contributed by atoms with Gasteiger partial charge in [0.2, 0.25) is 0 Å². The van der Waals surface area contributed by atoms with Gasteiger partial charge in [0.25, 0.3) is 5.91 Å². The van der Waals surface area contributed by atoms with Crippen LogP contribution in [0, 0.1) is 20.8 Å². The van der Waals surface area contributed by atoms with E-state index in [2.05, 4.69) is 15.4 Å². The monoisotopic (exact) mass is 340 g/mol. The van der Waals surface area contributed by atoms with Crippen molar-refractivity contribution in [3.8, 4) is 5.82 Å². The van der Waals surface area contributed by atoms with Crippen LogP contribution in [0.1, 0.15) is 32.2 Å². The number of pyridine rings is 1. The minimum absolute atomic E-state index is 0.0134. The summed E-state index contributed by atoms with van der Waals surface area (Å²) in [5, 5.41) is 9.55. The van der Waals surface area contributed by atoms with Gasteiger partial charge in [-0.25, -0.2) is 9.67 Å². The topological polar surface area (TPSA) is 59.8 Å². The highest BCUT2D eigenvalue weighted by Gasteiger charge is 2.14. The Labute approximate surface area is 145 Å². The zero-order valence-electron chi connectivity index (χ0n) is 14.0. The first-order valence-corrected chi connectivity index (χ1v) is 8.74. The molecule has 0 unspecified atom stereocenters. The molecule has 0 fully saturated rings. The van der Waals surface area contributed by atoms with Crippen LogP contribution in [0.4, 0.5) is 0 Å². The Morgan fingerprint density at radius 2 is 2.12 bits per heavy atom. The number of aryl methyl sites for hydroxylation is 2. The number of carbonyl (C=O) groups is 1. The molecule has 3 heterocycles. The summed E-state index contributed by atoms with van der Waals surface area (Å²) < 4.78 is 1.86. The Hall–Kier alpha value is -2.47. The number of rotatable bonds is 5. The van der Waals surface area contributed by atoms with E-state index in [1.807, 2.05) is 55.1 Å². The lowest BCUT2D eigenvalue weighted by Crippen LogP contribution is -2.25. The molecule has 6 heteroatoms. The van der Waals surface area contributed by atoms with Gasteiger partial charge in [-0.2, -0.15) is 5.10 Å². The molecule has 0 saturated carbocycles. The summed E-state index contributed by atoms with van der Waals surface area (Å²) in [5.74, 6) is 0.794. The first-order valence-electron chi connectivity index (χ1n) is 7.86. The molecule has 0 radical (unpaired) electrons. The standard InChI is InChI=1S/C18H20N4OS/c1-12-10-16(24-11-12)18(23)20-9-7-15-13(2)21-22(14(15)3)17-6-4-5-8-19-17/h4-6,8,10-11H,7,9H2,1-3H3,(H,20,23). The smallest absolute Gasteiger partial charge is 0.261 e. The molecule has 0 aromatic carbocycles. The molecule has 0 aliphatic rings. The van der Waals surface area contributed by atoms with Crippen LogP contribution in [0.5, 0.6) is 0 Å². The van der Waals surface area contributed by atoms with Crippen molar-refractivity contribution in [2.75, 3.05) is 6.54 Å². The summed E-state index contributed by atoms with van der Waals surface area (Å²) in [5.41, 5.74) is 4.31. The van der Waals surface area contributed by atoms with Gasteiger partial charge in [-0.05, 0) is 61.9 Å². The lowest BCUT2D eigenvalue weighted by atomic mass is 10.1. The molecule has 24 heavy (non-hydrogen) atoms. The molecule has 0 aliphatic carbocycles.